The van der Waals surface area contributed by atoms with Crippen LogP contribution in [0.4, 0.5) is 10.5 Å². The molecule has 2 aromatic rings. The highest BCUT2D eigenvalue weighted by atomic mass is 16.6. The molecule has 4 rings (SSSR count). The maximum atomic E-state index is 12.3. The van der Waals surface area contributed by atoms with E-state index in [4.69, 9.17) is 19.2 Å². The Morgan fingerprint density at radius 2 is 2.00 bits per heavy atom. The Morgan fingerprint density at radius 1 is 1.18 bits per heavy atom. The first-order chi connectivity index (χ1) is 13.7. The van der Waals surface area contributed by atoms with Crippen molar-refractivity contribution < 1.29 is 19.0 Å². The number of fused-ring (bicyclic) bond motifs is 2. The number of rotatable bonds is 5. The van der Waals surface area contributed by atoms with Crippen LogP contribution in [0.1, 0.15) is 17.5 Å². The van der Waals surface area contributed by atoms with Crippen molar-refractivity contribution in [1.82, 2.24) is 10.2 Å². The van der Waals surface area contributed by atoms with E-state index in [1.165, 1.54) is 5.56 Å². The number of aliphatic imine (C=N–C) groups is 1. The summed E-state index contributed by atoms with van der Waals surface area (Å²) in [6.07, 6.45) is -0.0293. The summed E-state index contributed by atoms with van der Waals surface area (Å²) in [5.41, 5.74) is 3.05. The minimum atomic E-state index is -0.455. The molecule has 0 saturated carbocycles. The van der Waals surface area contributed by atoms with Crippen LogP contribution in [0, 0.1) is 0 Å². The van der Waals surface area contributed by atoms with Crippen LogP contribution in [-0.4, -0.2) is 43.7 Å². The van der Waals surface area contributed by atoms with Crippen LogP contribution in [0.5, 0.6) is 11.5 Å². The third-order valence-electron chi connectivity index (χ3n) is 5.00. The lowest BCUT2D eigenvalue weighted by molar-refractivity contribution is 0.127. The number of hydrogen-bond donors (Lipinski definition) is 1. The summed E-state index contributed by atoms with van der Waals surface area (Å²) in [5.74, 6) is 2.10. The van der Waals surface area contributed by atoms with Crippen LogP contribution in [0.2, 0.25) is 0 Å². The molecular weight excluding hydrogens is 358 g/mol. The number of carbonyl (C=O) groups is 1. The highest BCUT2D eigenvalue weighted by molar-refractivity contribution is 5.93. The average Bonchev–Trinajstić information content (AvgIpc) is 3.11. The summed E-state index contributed by atoms with van der Waals surface area (Å²) in [6.45, 7) is 1.98. The highest BCUT2D eigenvalue weighted by Gasteiger charge is 2.35. The van der Waals surface area contributed by atoms with Crippen LogP contribution in [0.25, 0.3) is 0 Å². The summed E-state index contributed by atoms with van der Waals surface area (Å²) in [5, 5.41) is 2.80. The first-order valence-corrected chi connectivity index (χ1v) is 9.24. The number of ether oxygens (including phenoxy) is 3. The van der Waals surface area contributed by atoms with Crippen LogP contribution in [0.3, 0.4) is 0 Å². The molecule has 0 unspecified atom stereocenters. The number of nitrogens with one attached hydrogen (secondary N) is 1. The topological polar surface area (TPSA) is 72.4 Å². The van der Waals surface area contributed by atoms with E-state index in [9.17, 15) is 4.79 Å². The van der Waals surface area contributed by atoms with Crippen molar-refractivity contribution in [2.45, 2.75) is 25.6 Å². The largest absolute Gasteiger partial charge is 0.493 e. The lowest BCUT2D eigenvalue weighted by atomic mass is 10.1. The van der Waals surface area contributed by atoms with Gasteiger partial charge in [-0.1, -0.05) is 24.3 Å². The van der Waals surface area contributed by atoms with E-state index >= 15 is 0 Å². The van der Waals surface area contributed by atoms with Gasteiger partial charge in [0.05, 0.1) is 19.9 Å². The lowest BCUT2D eigenvalue weighted by Crippen LogP contribution is -2.36. The molecular formula is C21H23N3O4. The van der Waals surface area contributed by atoms with Crippen LogP contribution in [-0.2, 0) is 17.8 Å². The molecule has 2 aliphatic rings. The normalized spacial score (nSPS) is 17.3. The maximum Gasteiger partial charge on any atom is 0.408 e. The Kier molecular flexibility index (Phi) is 5.06. The van der Waals surface area contributed by atoms with Gasteiger partial charge in [-0.15, -0.1) is 0 Å². The van der Waals surface area contributed by atoms with E-state index in [-0.39, 0.29) is 6.10 Å². The van der Waals surface area contributed by atoms with Crippen molar-refractivity contribution in [3.05, 3.63) is 53.6 Å². The molecule has 2 heterocycles. The monoisotopic (exact) mass is 381 g/mol. The smallest absolute Gasteiger partial charge is 0.408 e. The first kappa shape index (κ1) is 18.2. The number of carbonyl (C=O) groups excluding carboxylic acids is 1. The summed E-state index contributed by atoms with van der Waals surface area (Å²) in [7, 11) is 3.17. The zero-order valence-electron chi connectivity index (χ0n) is 16.0. The average molecular weight is 381 g/mol. The van der Waals surface area contributed by atoms with Gasteiger partial charge in [-0.05, 0) is 29.3 Å². The van der Waals surface area contributed by atoms with Gasteiger partial charge in [0.1, 0.15) is 5.84 Å². The lowest BCUT2D eigenvalue weighted by Gasteiger charge is -2.26. The van der Waals surface area contributed by atoms with E-state index in [1.54, 1.807) is 14.2 Å². The van der Waals surface area contributed by atoms with Gasteiger partial charge in [0, 0.05) is 26.1 Å². The Morgan fingerprint density at radius 3 is 2.82 bits per heavy atom. The molecule has 0 bridgehead atoms. The quantitative estimate of drug-likeness (QED) is 0.861. The summed E-state index contributed by atoms with van der Waals surface area (Å²) >= 11 is 0. The molecule has 1 saturated heterocycles. The maximum absolute atomic E-state index is 12.3. The standard InChI is InChI=1S/C21H23N3O4/c1-26-17-8-7-14(11-19(17)27-2)12-22-21(25)28-18-9-10-24-13-15-5-3-4-6-16(15)23-20(18)24/h3-8,11,18H,9-10,12-13H2,1-2H3,(H,22,25)/t18-/m0/s1. The minimum absolute atomic E-state index is 0.321. The minimum Gasteiger partial charge on any atom is -0.493 e. The molecule has 1 amide bonds. The first-order valence-electron chi connectivity index (χ1n) is 9.24. The third kappa shape index (κ3) is 3.60. The molecule has 1 fully saturated rings. The second-order valence-electron chi connectivity index (χ2n) is 6.75. The Bertz CT molecular complexity index is 912. The summed E-state index contributed by atoms with van der Waals surface area (Å²) < 4.78 is 16.2. The fraction of sp³-hybridized carbons (Fsp3) is 0.333. The molecule has 2 aromatic carbocycles. The zero-order valence-corrected chi connectivity index (χ0v) is 16.0. The van der Waals surface area contributed by atoms with Gasteiger partial charge < -0.3 is 24.4 Å². The molecule has 0 aromatic heterocycles. The predicted octanol–water partition coefficient (Wildman–Crippen LogP) is 3.25. The number of hydrogen-bond acceptors (Lipinski definition) is 6. The van der Waals surface area contributed by atoms with Crippen molar-refractivity contribution in [2.24, 2.45) is 4.99 Å². The molecule has 0 aliphatic carbocycles. The molecule has 0 spiro atoms. The number of amidine groups is 1. The van der Waals surface area contributed by atoms with Crippen molar-refractivity contribution in [1.29, 1.82) is 0 Å². The highest BCUT2D eigenvalue weighted by Crippen LogP contribution is 2.31. The van der Waals surface area contributed by atoms with Gasteiger partial charge in [0.25, 0.3) is 0 Å². The van der Waals surface area contributed by atoms with Crippen molar-refractivity contribution in [2.75, 3.05) is 20.8 Å². The van der Waals surface area contributed by atoms with Crippen molar-refractivity contribution >= 4 is 17.6 Å². The van der Waals surface area contributed by atoms with Gasteiger partial charge in [-0.2, -0.15) is 0 Å². The van der Waals surface area contributed by atoms with Gasteiger partial charge in [-0.3, -0.25) is 0 Å². The number of amides is 1. The van der Waals surface area contributed by atoms with E-state index in [0.717, 1.165) is 36.6 Å². The van der Waals surface area contributed by atoms with E-state index < -0.39 is 6.09 Å². The number of nitrogens with zero attached hydrogens (tertiary/aromatic N) is 2. The number of methoxy groups -OCH3 is 2. The Labute approximate surface area is 163 Å². The fourth-order valence-corrected chi connectivity index (χ4v) is 3.55. The van der Waals surface area contributed by atoms with E-state index in [0.29, 0.717) is 18.0 Å². The van der Waals surface area contributed by atoms with Gasteiger partial charge in [-0.25, -0.2) is 9.79 Å². The third-order valence-corrected chi connectivity index (χ3v) is 5.00. The van der Waals surface area contributed by atoms with Gasteiger partial charge in [0.15, 0.2) is 17.6 Å². The molecule has 2 aliphatic heterocycles. The zero-order chi connectivity index (χ0) is 19.5. The van der Waals surface area contributed by atoms with Crippen LogP contribution >= 0.6 is 0 Å². The summed E-state index contributed by atoms with van der Waals surface area (Å²) in [4.78, 5) is 19.2. The Hall–Kier alpha value is -3.22. The second kappa shape index (κ2) is 7.80. The van der Waals surface area contributed by atoms with E-state index in [2.05, 4.69) is 16.3 Å². The van der Waals surface area contributed by atoms with E-state index in [1.807, 2.05) is 36.4 Å². The molecule has 0 radical (unpaired) electrons. The molecule has 1 N–H and O–H groups in total. The van der Waals surface area contributed by atoms with Gasteiger partial charge >= 0.3 is 6.09 Å². The SMILES string of the molecule is COc1ccc(CNC(=O)O[C@H]2CCN3Cc4ccccc4N=C23)cc1OC. The van der Waals surface area contributed by atoms with Crippen LogP contribution < -0.4 is 14.8 Å². The van der Waals surface area contributed by atoms with Crippen molar-refractivity contribution in [3.8, 4) is 11.5 Å². The fourth-order valence-electron chi connectivity index (χ4n) is 3.55. The number of benzene rings is 2. The second-order valence-corrected chi connectivity index (χ2v) is 6.75. The summed E-state index contributed by atoms with van der Waals surface area (Å²) in [6, 6.07) is 13.6. The molecule has 7 nitrogen and oxygen atoms in total. The molecule has 1 atom stereocenters. The van der Waals surface area contributed by atoms with Gasteiger partial charge in [0.2, 0.25) is 0 Å². The molecule has 7 heteroatoms. The Balaban J connectivity index is 1.38. The van der Waals surface area contributed by atoms with Crippen LogP contribution in [0.15, 0.2) is 47.5 Å². The molecule has 28 heavy (non-hydrogen) atoms. The molecule has 146 valence electrons. The number of alkyl carbamates (subject to hydrolysis) is 1. The predicted molar refractivity (Wildman–Crippen MR) is 105 cm³/mol. The van der Waals surface area contributed by atoms with Crippen molar-refractivity contribution in [3.63, 3.8) is 0 Å². The number of para-hydroxylation sites is 1.